The Morgan fingerprint density at radius 2 is 1.50 bits per heavy atom. The number of aliphatic hydroxyl groups is 2. The topological polar surface area (TPSA) is 200 Å². The fourth-order valence-corrected chi connectivity index (χ4v) is 4.62. The first-order valence-corrected chi connectivity index (χ1v) is 12.2. The SMILES string of the molecule is C=C(N)N[C@@H]1/C=C\CCNC(=C)N2C(=O)OCC12.C=C(N)N[C@H]1C2COC(=O)N2C(=C)NCC[C@H](O)[C@@H]1O. The quantitative estimate of drug-likeness (QED) is 0.196. The second-order valence-electron chi connectivity index (χ2n) is 9.23. The maximum absolute atomic E-state index is 11.8. The standard InChI is InChI=1S/C12H20N4O4.C12H18N4O2/c1-6(13)15-10-8-5-20-12(19)16(8)7(2)14-4-3-9(17)11(10)18;1-8(13)15-10-5-3-4-6-14-9(2)16-11(10)7-18-12(16)17/h8-11,14-15,17-18H,1-5,13H2;3,5,10-11,14-15H,1-2,4,6-7,13H2/b;5-3-/t8?,9-,10-,11-;10-,11?/m01/s1. The van der Waals surface area contributed by atoms with E-state index in [1.807, 2.05) is 12.2 Å². The van der Waals surface area contributed by atoms with E-state index in [9.17, 15) is 19.8 Å². The van der Waals surface area contributed by atoms with Gasteiger partial charge in [-0.25, -0.2) is 9.59 Å². The van der Waals surface area contributed by atoms with Gasteiger partial charge in [-0.2, -0.15) is 0 Å². The van der Waals surface area contributed by atoms with Crippen LogP contribution in [0.3, 0.4) is 0 Å². The molecule has 38 heavy (non-hydrogen) atoms. The molecule has 4 aliphatic rings. The number of nitrogens with two attached hydrogens (primary N) is 2. The first-order chi connectivity index (χ1) is 18.0. The number of hydrogen-bond acceptors (Lipinski definition) is 12. The molecule has 4 aliphatic heterocycles. The lowest BCUT2D eigenvalue weighted by molar-refractivity contribution is -0.0155. The molecule has 14 heteroatoms. The Hall–Kier alpha value is -4.04. The minimum absolute atomic E-state index is 0.0637. The van der Waals surface area contributed by atoms with Gasteiger partial charge in [0.15, 0.2) is 0 Å². The van der Waals surface area contributed by atoms with Crippen molar-refractivity contribution < 1.29 is 29.3 Å². The number of hydrogen-bond donors (Lipinski definition) is 8. The van der Waals surface area contributed by atoms with E-state index < -0.39 is 30.4 Å². The summed E-state index contributed by atoms with van der Waals surface area (Å²) in [6.07, 6.45) is 2.15. The molecular weight excluding hydrogens is 496 g/mol. The van der Waals surface area contributed by atoms with E-state index in [1.165, 1.54) is 9.80 Å². The average Bonchev–Trinajstić information content (AvgIpc) is 3.44. The summed E-state index contributed by atoms with van der Waals surface area (Å²) >= 11 is 0. The summed E-state index contributed by atoms with van der Waals surface area (Å²) < 4.78 is 10.1. The minimum Gasteiger partial charge on any atom is -0.447 e. The van der Waals surface area contributed by atoms with Gasteiger partial charge in [0.05, 0.1) is 41.9 Å². The van der Waals surface area contributed by atoms with Crippen molar-refractivity contribution in [1.29, 1.82) is 0 Å². The lowest BCUT2D eigenvalue weighted by atomic mass is 9.96. The molecule has 0 spiro atoms. The number of ether oxygens (including phenoxy) is 2. The van der Waals surface area contributed by atoms with Gasteiger partial charge in [-0.05, 0) is 12.8 Å². The van der Waals surface area contributed by atoms with Crippen LogP contribution < -0.4 is 32.7 Å². The maximum atomic E-state index is 11.8. The van der Waals surface area contributed by atoms with E-state index in [-0.39, 0.29) is 30.6 Å². The zero-order chi connectivity index (χ0) is 28.0. The number of amides is 2. The van der Waals surface area contributed by atoms with E-state index in [2.05, 4.69) is 47.6 Å². The molecule has 6 atom stereocenters. The Morgan fingerprint density at radius 3 is 2.11 bits per heavy atom. The highest BCUT2D eigenvalue weighted by Gasteiger charge is 2.45. The van der Waals surface area contributed by atoms with Gasteiger partial charge < -0.3 is 52.4 Å². The molecule has 0 aromatic carbocycles. The smallest absolute Gasteiger partial charge is 0.415 e. The van der Waals surface area contributed by atoms with E-state index in [4.69, 9.17) is 20.9 Å². The lowest BCUT2D eigenvalue weighted by Crippen LogP contribution is -2.57. The van der Waals surface area contributed by atoms with Crippen molar-refractivity contribution in [2.45, 2.75) is 49.2 Å². The Morgan fingerprint density at radius 1 is 0.947 bits per heavy atom. The largest absolute Gasteiger partial charge is 0.447 e. The Balaban J connectivity index is 0.000000212. The highest BCUT2D eigenvalue weighted by Crippen LogP contribution is 2.24. The highest BCUT2D eigenvalue weighted by molar-refractivity contribution is 5.73. The summed E-state index contributed by atoms with van der Waals surface area (Å²) in [5, 5.41) is 32.1. The van der Waals surface area contributed by atoms with Gasteiger partial charge in [0.1, 0.15) is 31.0 Å². The third kappa shape index (κ3) is 6.63. The van der Waals surface area contributed by atoms with Crippen LogP contribution in [0.5, 0.6) is 0 Å². The molecule has 0 bridgehead atoms. The first-order valence-electron chi connectivity index (χ1n) is 12.2. The van der Waals surface area contributed by atoms with Crippen molar-refractivity contribution in [3.05, 3.63) is 61.8 Å². The Kier molecular flexibility index (Phi) is 9.36. The molecule has 0 aromatic heterocycles. The molecule has 2 amide bonds. The minimum atomic E-state index is -1.12. The van der Waals surface area contributed by atoms with Crippen LogP contribution in [0.25, 0.3) is 0 Å². The number of carbonyl (C=O) groups is 2. The summed E-state index contributed by atoms with van der Waals surface area (Å²) in [4.78, 5) is 26.4. The number of nitrogens with one attached hydrogen (secondary N) is 4. The highest BCUT2D eigenvalue weighted by atomic mass is 16.6. The van der Waals surface area contributed by atoms with Crippen LogP contribution in [0.15, 0.2) is 61.8 Å². The molecule has 10 N–H and O–H groups in total. The Bertz CT molecular complexity index is 987. The number of cyclic esters (lactones) is 2. The van der Waals surface area contributed by atoms with Gasteiger partial charge in [-0.3, -0.25) is 9.80 Å². The zero-order valence-corrected chi connectivity index (χ0v) is 21.3. The van der Waals surface area contributed by atoms with E-state index >= 15 is 0 Å². The van der Waals surface area contributed by atoms with E-state index in [0.717, 1.165) is 13.0 Å². The lowest BCUT2D eigenvalue weighted by Gasteiger charge is -2.34. The molecule has 4 rings (SSSR count). The van der Waals surface area contributed by atoms with Crippen molar-refractivity contribution in [1.82, 2.24) is 31.1 Å². The van der Waals surface area contributed by atoms with Crippen LogP contribution in [0.4, 0.5) is 9.59 Å². The summed E-state index contributed by atoms with van der Waals surface area (Å²) in [6.45, 7) is 16.3. The van der Waals surface area contributed by atoms with Gasteiger partial charge in [0, 0.05) is 13.1 Å². The maximum Gasteiger partial charge on any atom is 0.415 e. The number of aliphatic hydroxyl groups excluding tert-OH is 2. The van der Waals surface area contributed by atoms with Crippen LogP contribution >= 0.6 is 0 Å². The fourth-order valence-electron chi connectivity index (χ4n) is 4.62. The second-order valence-corrected chi connectivity index (χ2v) is 9.23. The summed E-state index contributed by atoms with van der Waals surface area (Å²) in [5.74, 6) is 1.43. The molecule has 210 valence electrons. The summed E-state index contributed by atoms with van der Waals surface area (Å²) in [7, 11) is 0. The summed E-state index contributed by atoms with van der Waals surface area (Å²) in [5.41, 5.74) is 11.1. The number of carbonyl (C=O) groups excluding carboxylic acids is 2. The summed E-state index contributed by atoms with van der Waals surface area (Å²) in [6, 6.07) is -1.55. The molecule has 0 radical (unpaired) electrons. The molecule has 0 aliphatic carbocycles. The predicted molar refractivity (Wildman–Crippen MR) is 139 cm³/mol. The number of nitrogens with zero attached hydrogens (tertiary/aromatic N) is 2. The third-order valence-electron chi connectivity index (χ3n) is 6.44. The second kappa shape index (κ2) is 12.5. The van der Waals surface area contributed by atoms with Crippen LogP contribution in [0.1, 0.15) is 12.8 Å². The van der Waals surface area contributed by atoms with Crippen molar-refractivity contribution in [2.24, 2.45) is 11.5 Å². The average molecular weight is 535 g/mol. The van der Waals surface area contributed by atoms with E-state index in [1.54, 1.807) is 0 Å². The number of rotatable bonds is 4. The molecule has 0 aromatic rings. The predicted octanol–water partition coefficient (Wildman–Crippen LogP) is -1.40. The Labute approximate surface area is 221 Å². The molecule has 14 nitrogen and oxygen atoms in total. The fraction of sp³-hybridized carbons (Fsp3) is 0.500. The van der Waals surface area contributed by atoms with Gasteiger partial charge in [-0.15, -0.1) is 0 Å². The van der Waals surface area contributed by atoms with E-state index in [0.29, 0.717) is 37.0 Å². The van der Waals surface area contributed by atoms with Gasteiger partial charge in [0.2, 0.25) is 0 Å². The molecular formula is C24H38N8O6. The zero-order valence-electron chi connectivity index (χ0n) is 21.3. The van der Waals surface area contributed by atoms with Gasteiger partial charge >= 0.3 is 12.2 Å². The van der Waals surface area contributed by atoms with Crippen LogP contribution in [0, 0.1) is 0 Å². The molecule has 3 saturated heterocycles. The third-order valence-corrected chi connectivity index (χ3v) is 6.44. The van der Waals surface area contributed by atoms with Crippen LogP contribution in [0.2, 0.25) is 0 Å². The van der Waals surface area contributed by atoms with Crippen molar-refractivity contribution in [2.75, 3.05) is 26.3 Å². The molecule has 2 unspecified atom stereocenters. The number of fused-ring (bicyclic) bond motifs is 2. The van der Waals surface area contributed by atoms with Crippen molar-refractivity contribution in [3.63, 3.8) is 0 Å². The van der Waals surface area contributed by atoms with Crippen molar-refractivity contribution in [3.8, 4) is 0 Å². The normalized spacial score (nSPS) is 31.8. The molecule has 4 heterocycles. The van der Waals surface area contributed by atoms with Crippen LogP contribution in [-0.2, 0) is 9.47 Å². The monoisotopic (exact) mass is 534 g/mol. The van der Waals surface area contributed by atoms with Gasteiger partial charge in [-0.1, -0.05) is 38.5 Å². The van der Waals surface area contributed by atoms with Crippen LogP contribution in [-0.4, -0.2) is 94.9 Å². The first kappa shape index (κ1) is 28.5. The molecule has 0 saturated carbocycles. The molecule has 3 fully saturated rings. The van der Waals surface area contributed by atoms with Crippen molar-refractivity contribution >= 4 is 12.2 Å². The van der Waals surface area contributed by atoms with Gasteiger partial charge in [0.25, 0.3) is 0 Å².